The van der Waals surface area contributed by atoms with E-state index in [1.165, 1.54) is 4.90 Å². The van der Waals surface area contributed by atoms with Crippen molar-refractivity contribution in [2.24, 2.45) is 0 Å². The number of aromatic nitrogens is 3. The van der Waals surface area contributed by atoms with E-state index in [0.717, 1.165) is 4.57 Å². The molecule has 0 spiro atoms. The average Bonchev–Trinajstić information content (AvgIpc) is 3.24. The number of hydrogen-bond donors (Lipinski definition) is 1. The summed E-state index contributed by atoms with van der Waals surface area (Å²) in [6, 6.07) is -0.224. The molecule has 0 radical (unpaired) electrons. The van der Waals surface area contributed by atoms with Crippen molar-refractivity contribution in [3.63, 3.8) is 0 Å². The van der Waals surface area contributed by atoms with Gasteiger partial charge >= 0.3 is 6.18 Å². The normalized spacial score (nSPS) is 14.2. The van der Waals surface area contributed by atoms with Crippen molar-refractivity contribution in [2.75, 3.05) is 13.2 Å². The lowest BCUT2D eigenvalue weighted by molar-refractivity contribution is -0.757. The minimum Gasteiger partial charge on any atom is -0.353 e. The molecule has 1 atom stereocenters. The van der Waals surface area contributed by atoms with Gasteiger partial charge in [-0.2, -0.15) is 13.2 Å². The van der Waals surface area contributed by atoms with Crippen LogP contribution >= 0.6 is 0 Å². The zero-order valence-corrected chi connectivity index (χ0v) is 18.9. The molecule has 37 heavy (non-hydrogen) atoms. The zero-order valence-electron chi connectivity index (χ0n) is 18.9. The molecule has 0 fully saturated rings. The maximum Gasteiger partial charge on any atom is 0.451 e. The number of amides is 2. The van der Waals surface area contributed by atoms with Crippen LogP contribution in [0, 0.1) is 27.6 Å². The van der Waals surface area contributed by atoms with Crippen molar-refractivity contribution in [2.45, 2.75) is 51.0 Å². The molecule has 1 aromatic carbocycles. The van der Waals surface area contributed by atoms with Crippen LogP contribution in [0.25, 0.3) is 0 Å². The van der Waals surface area contributed by atoms with E-state index in [1.54, 1.807) is 0 Å². The van der Waals surface area contributed by atoms with Gasteiger partial charge in [-0.3, -0.25) is 9.59 Å². The molecule has 1 N–H and O–H groups in total. The van der Waals surface area contributed by atoms with Crippen LogP contribution in [0.1, 0.15) is 36.5 Å². The van der Waals surface area contributed by atoms with Gasteiger partial charge in [-0.05, 0) is 24.5 Å². The molecule has 1 aliphatic rings. The second-order valence-electron chi connectivity index (χ2n) is 8.10. The van der Waals surface area contributed by atoms with E-state index in [9.17, 15) is 46.0 Å². The van der Waals surface area contributed by atoms with Crippen molar-refractivity contribution in [1.29, 1.82) is 0 Å². The molecule has 0 saturated carbocycles. The van der Waals surface area contributed by atoms with Crippen molar-refractivity contribution in [3.05, 3.63) is 56.9 Å². The number of hydrogen-bond acceptors (Lipinski definition) is 7. The van der Waals surface area contributed by atoms with Gasteiger partial charge in [0.15, 0.2) is 17.5 Å². The van der Waals surface area contributed by atoms with E-state index in [1.807, 2.05) is 0 Å². The van der Waals surface area contributed by atoms with Gasteiger partial charge in [0, 0.05) is 38.0 Å². The molecular formula is C20H20F6N6O5. The number of benzene rings is 1. The average molecular weight is 538 g/mol. The number of alkyl halides is 3. The van der Waals surface area contributed by atoms with Gasteiger partial charge in [0.1, 0.15) is 5.82 Å². The van der Waals surface area contributed by atoms with Gasteiger partial charge in [0.05, 0.1) is 13.2 Å². The van der Waals surface area contributed by atoms with Gasteiger partial charge in [0.2, 0.25) is 17.6 Å². The van der Waals surface area contributed by atoms with Crippen LogP contribution in [0.4, 0.5) is 26.3 Å². The Kier molecular flexibility index (Phi) is 8.54. The second kappa shape index (κ2) is 11.4. The summed E-state index contributed by atoms with van der Waals surface area (Å²) in [5.74, 6) is -6.51. The summed E-state index contributed by atoms with van der Waals surface area (Å²) in [5.41, 5.74) is -0.332. The molecule has 1 aromatic heterocycles. The minimum atomic E-state index is -4.73. The van der Waals surface area contributed by atoms with Crippen LogP contribution < -0.4 is 5.32 Å². The summed E-state index contributed by atoms with van der Waals surface area (Å²) in [6.07, 6.45) is -5.93. The Bertz CT molecular complexity index is 1170. The van der Waals surface area contributed by atoms with Crippen molar-refractivity contribution in [1.82, 2.24) is 25.0 Å². The molecule has 2 aromatic rings. The van der Waals surface area contributed by atoms with Gasteiger partial charge in [-0.25, -0.2) is 13.2 Å². The Balaban J connectivity index is 1.70. The fourth-order valence-electron chi connectivity index (χ4n) is 3.75. The molecule has 202 valence electrons. The molecule has 0 aliphatic carbocycles. The number of nitrogens with zero attached hydrogens (tertiary/aromatic N) is 5. The number of rotatable bonds is 10. The first-order chi connectivity index (χ1) is 17.3. The summed E-state index contributed by atoms with van der Waals surface area (Å²) < 4.78 is 81.1. The number of halogens is 6. The first kappa shape index (κ1) is 27.7. The molecule has 17 heteroatoms. The first-order valence-electron chi connectivity index (χ1n) is 10.8. The Morgan fingerprint density at radius 2 is 1.84 bits per heavy atom. The van der Waals surface area contributed by atoms with Crippen LogP contribution in [-0.2, 0) is 40.1 Å². The summed E-state index contributed by atoms with van der Waals surface area (Å²) in [4.78, 5) is 40.7. The molecule has 2 heterocycles. The van der Waals surface area contributed by atoms with Crippen LogP contribution in [-0.4, -0.2) is 55.8 Å². The molecule has 0 bridgehead atoms. The van der Waals surface area contributed by atoms with Gasteiger partial charge < -0.3 is 19.6 Å². The summed E-state index contributed by atoms with van der Waals surface area (Å²) in [6.45, 7) is -1.06. The monoisotopic (exact) mass is 538 g/mol. The third kappa shape index (κ3) is 7.29. The largest absolute Gasteiger partial charge is 0.451 e. The highest BCUT2D eigenvalue weighted by molar-refractivity contribution is 5.80. The lowest BCUT2D eigenvalue weighted by atomic mass is 10.0. The summed E-state index contributed by atoms with van der Waals surface area (Å²) >= 11 is 0. The first-order valence-corrected chi connectivity index (χ1v) is 10.8. The molecule has 0 unspecified atom stereocenters. The Morgan fingerprint density at radius 1 is 1.14 bits per heavy atom. The molecule has 3 rings (SSSR count). The van der Waals surface area contributed by atoms with Crippen molar-refractivity contribution >= 4 is 11.8 Å². The van der Waals surface area contributed by atoms with Crippen LogP contribution in [0.15, 0.2) is 12.1 Å². The fourth-order valence-corrected chi connectivity index (χ4v) is 3.75. The van der Waals surface area contributed by atoms with Crippen LogP contribution in [0.3, 0.4) is 0 Å². The zero-order chi connectivity index (χ0) is 27.3. The Labute approximate surface area is 204 Å². The van der Waals surface area contributed by atoms with Crippen molar-refractivity contribution < 1.29 is 45.9 Å². The second-order valence-corrected chi connectivity index (χ2v) is 8.10. The predicted molar refractivity (Wildman–Crippen MR) is 109 cm³/mol. The highest BCUT2D eigenvalue weighted by Crippen LogP contribution is 2.29. The third-order valence-corrected chi connectivity index (χ3v) is 5.45. The SMILES string of the molecule is O=C(CCCO[N+](=O)[O-])N[C@@H](CC(=O)N1CCn2c(nnc2C(F)(F)F)C1)Cc1cc(F)c(F)cc1F. The lowest BCUT2D eigenvalue weighted by Gasteiger charge is -2.29. The van der Waals surface area contributed by atoms with Gasteiger partial charge in [-0.1, -0.05) is 0 Å². The Hall–Kier alpha value is -3.92. The van der Waals surface area contributed by atoms with Crippen LogP contribution in [0.2, 0.25) is 0 Å². The quantitative estimate of drug-likeness (QED) is 0.161. The Morgan fingerprint density at radius 3 is 2.51 bits per heavy atom. The summed E-state index contributed by atoms with van der Waals surface area (Å²) in [5, 5.41) is 18.2. The van der Waals surface area contributed by atoms with Gasteiger partial charge in [-0.15, -0.1) is 20.3 Å². The maximum atomic E-state index is 14.2. The maximum absolute atomic E-state index is 14.2. The van der Waals surface area contributed by atoms with E-state index in [-0.39, 0.29) is 50.5 Å². The van der Waals surface area contributed by atoms with E-state index < -0.39 is 65.2 Å². The van der Waals surface area contributed by atoms with E-state index in [0.29, 0.717) is 12.1 Å². The molecular weight excluding hydrogens is 518 g/mol. The van der Waals surface area contributed by atoms with E-state index in [4.69, 9.17) is 0 Å². The third-order valence-electron chi connectivity index (χ3n) is 5.45. The van der Waals surface area contributed by atoms with Gasteiger partial charge in [0.25, 0.3) is 5.09 Å². The molecule has 2 amide bonds. The van der Waals surface area contributed by atoms with E-state index >= 15 is 0 Å². The number of carbonyl (C=O) groups is 2. The highest BCUT2D eigenvalue weighted by Gasteiger charge is 2.40. The number of fused-ring (bicyclic) bond motifs is 1. The molecule has 11 nitrogen and oxygen atoms in total. The topological polar surface area (TPSA) is 132 Å². The molecule has 0 saturated heterocycles. The highest BCUT2D eigenvalue weighted by atomic mass is 19.4. The smallest absolute Gasteiger partial charge is 0.353 e. The predicted octanol–water partition coefficient (Wildman–Crippen LogP) is 2.16. The van der Waals surface area contributed by atoms with Crippen molar-refractivity contribution in [3.8, 4) is 0 Å². The standard InChI is InChI=1S/C20H20F6N6O5/c21-13-9-15(23)14(22)7-11(13)6-12(27-17(33)2-1-5-37-32(35)36)8-18(34)30-3-4-31-16(10-30)28-29-19(31)20(24,25)26/h7,9,12H,1-6,8,10H2,(H,27,33)/t12-/m1/s1. The fraction of sp³-hybridized carbons (Fsp3) is 0.500. The number of nitrogens with one attached hydrogen (secondary N) is 1. The molecule has 1 aliphatic heterocycles. The number of carbonyl (C=O) groups excluding carboxylic acids is 2. The minimum absolute atomic E-state index is 0.0592. The van der Waals surface area contributed by atoms with Crippen LogP contribution in [0.5, 0.6) is 0 Å². The van der Waals surface area contributed by atoms with E-state index in [2.05, 4.69) is 20.4 Å². The summed E-state index contributed by atoms with van der Waals surface area (Å²) in [7, 11) is 0. The lowest BCUT2D eigenvalue weighted by Crippen LogP contribution is -2.44.